The van der Waals surface area contributed by atoms with Gasteiger partial charge in [-0.2, -0.15) is 5.26 Å². The first-order valence-corrected chi connectivity index (χ1v) is 11.2. The molecule has 2 heterocycles. The monoisotopic (exact) mass is 439 g/mol. The summed E-state index contributed by atoms with van der Waals surface area (Å²) >= 11 is 0. The SMILES string of the molecule is COCCN(C)Cc1ccccc1Cc1nc(N2CCC(CCO)CC2)c(C#N)c(=O)[nH]1. The molecule has 3 rings (SSSR count). The summed E-state index contributed by atoms with van der Waals surface area (Å²) in [6.07, 6.45) is 3.13. The molecule has 0 saturated carbocycles. The van der Waals surface area contributed by atoms with Crippen LogP contribution in [0.1, 0.15) is 41.8 Å². The molecule has 0 unspecified atom stereocenters. The Bertz CT molecular complexity index is 976. The number of benzene rings is 1. The summed E-state index contributed by atoms with van der Waals surface area (Å²) in [5, 5.41) is 18.8. The van der Waals surface area contributed by atoms with Crippen LogP contribution in [-0.4, -0.2) is 67.0 Å². The fourth-order valence-electron chi connectivity index (χ4n) is 4.22. The second-order valence-corrected chi connectivity index (χ2v) is 8.44. The smallest absolute Gasteiger partial charge is 0.271 e. The number of ether oxygens (including phenoxy) is 1. The van der Waals surface area contributed by atoms with E-state index in [1.807, 2.05) is 23.1 Å². The fourth-order valence-corrected chi connectivity index (χ4v) is 4.22. The predicted octanol–water partition coefficient (Wildman–Crippen LogP) is 1.91. The standard InChI is InChI=1S/C24H33N5O3/c1-28(12-14-32-2)17-20-6-4-3-5-19(20)15-22-26-23(21(16-25)24(31)27-22)29-10-7-18(8-11-29)9-13-30/h3-6,18,30H,7-15,17H2,1-2H3,(H,26,27,31). The van der Waals surface area contributed by atoms with Crippen molar-refractivity contribution in [1.82, 2.24) is 14.9 Å². The number of nitrogens with one attached hydrogen (secondary N) is 1. The summed E-state index contributed by atoms with van der Waals surface area (Å²) in [5.74, 6) is 1.52. The third-order valence-electron chi connectivity index (χ3n) is 6.11. The summed E-state index contributed by atoms with van der Waals surface area (Å²) < 4.78 is 5.17. The molecule has 1 fully saturated rings. The number of aromatic nitrogens is 2. The molecule has 2 aromatic rings. The topological polar surface area (TPSA) is 105 Å². The zero-order valence-electron chi connectivity index (χ0n) is 19.0. The molecule has 0 amide bonds. The molecule has 8 nitrogen and oxygen atoms in total. The first-order chi connectivity index (χ1) is 15.5. The van der Waals surface area contributed by atoms with Crippen LogP contribution in [0.2, 0.25) is 0 Å². The van der Waals surface area contributed by atoms with Gasteiger partial charge in [0, 0.05) is 46.3 Å². The Balaban J connectivity index is 1.82. The van der Waals surface area contributed by atoms with Crippen LogP contribution in [0.25, 0.3) is 0 Å². The fraction of sp³-hybridized carbons (Fsp3) is 0.542. The third-order valence-corrected chi connectivity index (χ3v) is 6.11. The lowest BCUT2D eigenvalue weighted by Crippen LogP contribution is -2.36. The number of aromatic amines is 1. The number of methoxy groups -OCH3 is 1. The minimum absolute atomic E-state index is 0.0712. The van der Waals surface area contributed by atoms with Crippen LogP contribution in [0, 0.1) is 17.2 Å². The number of likely N-dealkylation sites (N-methyl/N-ethyl adjacent to an activating group) is 1. The van der Waals surface area contributed by atoms with E-state index in [2.05, 4.69) is 29.1 Å². The molecule has 0 atom stereocenters. The van der Waals surface area contributed by atoms with Crippen LogP contribution in [-0.2, 0) is 17.7 Å². The predicted molar refractivity (Wildman–Crippen MR) is 124 cm³/mol. The Morgan fingerprint density at radius 3 is 2.69 bits per heavy atom. The van der Waals surface area contributed by atoms with E-state index in [1.165, 1.54) is 5.56 Å². The molecule has 0 aliphatic carbocycles. The number of aliphatic hydroxyl groups is 1. The van der Waals surface area contributed by atoms with Crippen LogP contribution in [0.4, 0.5) is 5.82 Å². The highest BCUT2D eigenvalue weighted by Crippen LogP contribution is 2.25. The van der Waals surface area contributed by atoms with Crippen molar-refractivity contribution in [3.63, 3.8) is 0 Å². The van der Waals surface area contributed by atoms with Gasteiger partial charge < -0.3 is 19.7 Å². The number of piperidine rings is 1. The van der Waals surface area contributed by atoms with Crippen molar-refractivity contribution in [3.8, 4) is 6.07 Å². The maximum absolute atomic E-state index is 12.7. The van der Waals surface area contributed by atoms with Gasteiger partial charge >= 0.3 is 0 Å². The Morgan fingerprint density at radius 1 is 1.31 bits per heavy atom. The summed E-state index contributed by atoms with van der Waals surface area (Å²) in [4.78, 5) is 24.4. The summed E-state index contributed by atoms with van der Waals surface area (Å²) in [6.45, 7) is 3.92. The van der Waals surface area contributed by atoms with E-state index in [9.17, 15) is 15.2 Å². The first-order valence-electron chi connectivity index (χ1n) is 11.2. The largest absolute Gasteiger partial charge is 0.396 e. The summed E-state index contributed by atoms with van der Waals surface area (Å²) in [6, 6.07) is 10.2. The van der Waals surface area contributed by atoms with Gasteiger partial charge in [0.1, 0.15) is 11.9 Å². The van der Waals surface area contributed by atoms with Crippen molar-refractivity contribution < 1.29 is 9.84 Å². The highest BCUT2D eigenvalue weighted by Gasteiger charge is 2.24. The number of hydrogen-bond acceptors (Lipinski definition) is 7. The highest BCUT2D eigenvalue weighted by molar-refractivity contribution is 5.53. The Hall–Kier alpha value is -2.73. The Morgan fingerprint density at radius 2 is 2.03 bits per heavy atom. The molecule has 1 aliphatic rings. The highest BCUT2D eigenvalue weighted by atomic mass is 16.5. The van der Waals surface area contributed by atoms with Crippen molar-refractivity contribution in [2.45, 2.75) is 32.2 Å². The van der Waals surface area contributed by atoms with Crippen LogP contribution in [0.3, 0.4) is 0 Å². The van der Waals surface area contributed by atoms with Crippen molar-refractivity contribution in [3.05, 3.63) is 57.1 Å². The molecule has 0 spiro atoms. The number of aliphatic hydroxyl groups excluding tert-OH is 1. The lowest BCUT2D eigenvalue weighted by atomic mass is 9.94. The molecule has 0 bridgehead atoms. The molecule has 172 valence electrons. The average molecular weight is 440 g/mol. The van der Waals surface area contributed by atoms with Gasteiger partial charge in [0.25, 0.3) is 5.56 Å². The van der Waals surface area contributed by atoms with E-state index >= 15 is 0 Å². The lowest BCUT2D eigenvalue weighted by Gasteiger charge is -2.33. The Kier molecular flexibility index (Phi) is 8.80. The van der Waals surface area contributed by atoms with Crippen LogP contribution >= 0.6 is 0 Å². The van der Waals surface area contributed by atoms with E-state index in [0.717, 1.165) is 51.0 Å². The second kappa shape index (κ2) is 11.8. The molecule has 2 N–H and O–H groups in total. The third kappa shape index (κ3) is 6.16. The minimum Gasteiger partial charge on any atom is -0.396 e. The average Bonchev–Trinajstić information content (AvgIpc) is 2.79. The minimum atomic E-state index is -0.389. The van der Waals surface area contributed by atoms with E-state index in [4.69, 9.17) is 9.72 Å². The van der Waals surface area contributed by atoms with Gasteiger partial charge in [0.2, 0.25) is 0 Å². The van der Waals surface area contributed by atoms with Gasteiger partial charge in [-0.15, -0.1) is 0 Å². The van der Waals surface area contributed by atoms with Crippen molar-refractivity contribution in [2.75, 3.05) is 51.9 Å². The molecular weight excluding hydrogens is 406 g/mol. The molecule has 1 aromatic carbocycles. The van der Waals surface area contributed by atoms with Crippen molar-refractivity contribution in [2.24, 2.45) is 5.92 Å². The van der Waals surface area contributed by atoms with E-state index in [-0.39, 0.29) is 17.7 Å². The molecular formula is C24H33N5O3. The number of anilines is 1. The second-order valence-electron chi connectivity index (χ2n) is 8.44. The zero-order valence-corrected chi connectivity index (χ0v) is 19.0. The van der Waals surface area contributed by atoms with Crippen LogP contribution in [0.15, 0.2) is 29.1 Å². The summed E-state index contributed by atoms with van der Waals surface area (Å²) in [7, 11) is 3.75. The first kappa shape index (κ1) is 23.9. The maximum atomic E-state index is 12.7. The number of nitrogens with zero attached hydrogens (tertiary/aromatic N) is 4. The van der Waals surface area contributed by atoms with E-state index in [1.54, 1.807) is 7.11 Å². The van der Waals surface area contributed by atoms with Gasteiger partial charge in [0.05, 0.1) is 6.61 Å². The number of rotatable bonds is 10. The van der Waals surface area contributed by atoms with Gasteiger partial charge in [-0.3, -0.25) is 9.69 Å². The van der Waals surface area contributed by atoms with Crippen molar-refractivity contribution >= 4 is 5.82 Å². The molecule has 8 heteroatoms. The quantitative estimate of drug-likeness (QED) is 0.582. The number of H-pyrrole nitrogens is 1. The normalized spacial score (nSPS) is 14.7. The number of nitriles is 1. The zero-order chi connectivity index (χ0) is 22.9. The molecule has 1 aliphatic heterocycles. The Labute approximate surface area is 189 Å². The van der Waals surface area contributed by atoms with Crippen LogP contribution in [0.5, 0.6) is 0 Å². The van der Waals surface area contributed by atoms with Gasteiger partial charge in [-0.25, -0.2) is 4.98 Å². The van der Waals surface area contributed by atoms with Gasteiger partial charge in [-0.05, 0) is 43.4 Å². The molecule has 32 heavy (non-hydrogen) atoms. The lowest BCUT2D eigenvalue weighted by molar-refractivity contribution is 0.158. The molecule has 0 radical (unpaired) electrons. The maximum Gasteiger partial charge on any atom is 0.271 e. The van der Waals surface area contributed by atoms with E-state index < -0.39 is 0 Å². The van der Waals surface area contributed by atoms with Crippen molar-refractivity contribution in [1.29, 1.82) is 5.26 Å². The van der Waals surface area contributed by atoms with Crippen LogP contribution < -0.4 is 10.5 Å². The van der Waals surface area contributed by atoms with Gasteiger partial charge in [-0.1, -0.05) is 24.3 Å². The van der Waals surface area contributed by atoms with E-state index in [0.29, 0.717) is 30.6 Å². The number of hydrogen-bond donors (Lipinski definition) is 2. The summed E-state index contributed by atoms with van der Waals surface area (Å²) in [5.41, 5.74) is 1.95. The van der Waals surface area contributed by atoms with Gasteiger partial charge in [0.15, 0.2) is 11.4 Å². The molecule has 1 aromatic heterocycles. The molecule has 1 saturated heterocycles.